The number of aryl methyl sites for hydroxylation is 3. The summed E-state index contributed by atoms with van der Waals surface area (Å²) in [6.45, 7) is 6.73. The van der Waals surface area contributed by atoms with Gasteiger partial charge in [-0.05, 0) is 25.5 Å². The van der Waals surface area contributed by atoms with E-state index in [2.05, 4.69) is 63.4 Å². The minimum Gasteiger partial charge on any atom is -0.363 e. The van der Waals surface area contributed by atoms with E-state index in [0.717, 1.165) is 40.8 Å². The minimum atomic E-state index is 0.603. The summed E-state index contributed by atoms with van der Waals surface area (Å²) in [6, 6.07) is 10.3. The van der Waals surface area contributed by atoms with Crippen molar-refractivity contribution in [1.82, 2.24) is 19.9 Å². The quantitative estimate of drug-likeness (QED) is 0.755. The van der Waals surface area contributed by atoms with E-state index in [1.165, 1.54) is 5.56 Å². The van der Waals surface area contributed by atoms with Crippen molar-refractivity contribution >= 4 is 5.82 Å². The van der Waals surface area contributed by atoms with Crippen molar-refractivity contribution in [2.45, 2.75) is 33.7 Å². The molecule has 2 heterocycles. The van der Waals surface area contributed by atoms with E-state index < -0.39 is 0 Å². The third kappa shape index (κ3) is 3.74. The number of hydrogen-bond donors (Lipinski definition) is 2. The molecule has 5 heteroatoms. The van der Waals surface area contributed by atoms with E-state index in [1.54, 1.807) is 0 Å². The van der Waals surface area contributed by atoms with Crippen molar-refractivity contribution in [3.8, 4) is 11.3 Å². The fourth-order valence-electron chi connectivity index (χ4n) is 2.46. The Morgan fingerprint density at radius 3 is 2.78 bits per heavy atom. The van der Waals surface area contributed by atoms with Gasteiger partial charge >= 0.3 is 0 Å². The summed E-state index contributed by atoms with van der Waals surface area (Å²) in [5.41, 5.74) is 4.38. The zero-order valence-corrected chi connectivity index (χ0v) is 13.7. The van der Waals surface area contributed by atoms with Crippen molar-refractivity contribution in [1.29, 1.82) is 0 Å². The van der Waals surface area contributed by atoms with Crippen LogP contribution in [0.4, 0.5) is 5.82 Å². The predicted octanol–water partition coefficient (Wildman–Crippen LogP) is 3.66. The number of aromatic amines is 1. The summed E-state index contributed by atoms with van der Waals surface area (Å²) in [6.07, 6.45) is 2.70. The number of hydrogen-bond acceptors (Lipinski definition) is 4. The van der Waals surface area contributed by atoms with Gasteiger partial charge in [-0.1, -0.05) is 30.7 Å². The smallest absolute Gasteiger partial charge is 0.130 e. The molecule has 3 aromatic rings. The standard InChI is InChI=1S/C18H21N5/c1-4-16-21-13(3)9-17(23-16)20-11-18-19-10-15(22-18)14-7-5-6-12(2)8-14/h5-10H,4,11H2,1-3H3,(H,19,22)(H,20,21,23). The van der Waals surface area contributed by atoms with Crippen LogP contribution in [0.15, 0.2) is 36.5 Å². The molecule has 0 saturated heterocycles. The Morgan fingerprint density at radius 2 is 2.00 bits per heavy atom. The zero-order chi connectivity index (χ0) is 16.2. The lowest BCUT2D eigenvalue weighted by Crippen LogP contribution is -2.06. The van der Waals surface area contributed by atoms with Gasteiger partial charge in [-0.2, -0.15) is 0 Å². The van der Waals surface area contributed by atoms with Gasteiger partial charge in [0.2, 0.25) is 0 Å². The number of imidazole rings is 1. The van der Waals surface area contributed by atoms with Crippen LogP contribution in [0, 0.1) is 13.8 Å². The third-order valence-electron chi connectivity index (χ3n) is 3.61. The Labute approximate surface area is 136 Å². The Bertz CT molecular complexity index is 807. The number of anilines is 1. The summed E-state index contributed by atoms with van der Waals surface area (Å²) < 4.78 is 0. The lowest BCUT2D eigenvalue weighted by Gasteiger charge is -2.06. The number of benzene rings is 1. The van der Waals surface area contributed by atoms with Crippen molar-refractivity contribution in [2.75, 3.05) is 5.32 Å². The number of rotatable bonds is 5. The first-order valence-electron chi connectivity index (χ1n) is 7.83. The SMILES string of the molecule is CCc1nc(C)cc(NCc2ncc(-c3cccc(C)c3)[nH]2)n1. The van der Waals surface area contributed by atoms with Crippen LogP contribution < -0.4 is 5.32 Å². The predicted molar refractivity (Wildman–Crippen MR) is 92.2 cm³/mol. The van der Waals surface area contributed by atoms with Crippen LogP contribution in [0.5, 0.6) is 0 Å². The maximum Gasteiger partial charge on any atom is 0.130 e. The number of H-pyrrole nitrogens is 1. The molecule has 0 fully saturated rings. The Kier molecular flexibility index (Phi) is 4.37. The number of aromatic nitrogens is 4. The van der Waals surface area contributed by atoms with Gasteiger partial charge in [0.15, 0.2) is 0 Å². The van der Waals surface area contributed by atoms with Crippen LogP contribution in [0.2, 0.25) is 0 Å². The highest BCUT2D eigenvalue weighted by Crippen LogP contribution is 2.18. The Hall–Kier alpha value is -2.69. The van der Waals surface area contributed by atoms with Crippen LogP contribution in [0.3, 0.4) is 0 Å². The first-order chi connectivity index (χ1) is 11.1. The van der Waals surface area contributed by atoms with E-state index in [9.17, 15) is 0 Å². The van der Waals surface area contributed by atoms with Gasteiger partial charge in [0.1, 0.15) is 17.5 Å². The van der Waals surface area contributed by atoms with Gasteiger partial charge in [0.05, 0.1) is 18.4 Å². The van der Waals surface area contributed by atoms with E-state index in [-0.39, 0.29) is 0 Å². The molecule has 0 atom stereocenters. The van der Waals surface area contributed by atoms with Gasteiger partial charge in [-0.25, -0.2) is 15.0 Å². The molecule has 0 saturated carbocycles. The Morgan fingerprint density at radius 1 is 1.13 bits per heavy atom. The van der Waals surface area contributed by atoms with E-state index >= 15 is 0 Å². The molecule has 0 aliphatic heterocycles. The normalized spacial score (nSPS) is 10.7. The van der Waals surface area contributed by atoms with Crippen LogP contribution in [-0.2, 0) is 13.0 Å². The Balaban J connectivity index is 1.71. The lowest BCUT2D eigenvalue weighted by molar-refractivity contribution is 0.904. The van der Waals surface area contributed by atoms with E-state index in [1.807, 2.05) is 19.2 Å². The highest BCUT2D eigenvalue weighted by Gasteiger charge is 2.05. The summed E-state index contributed by atoms with van der Waals surface area (Å²) in [5.74, 6) is 2.58. The van der Waals surface area contributed by atoms with Crippen molar-refractivity contribution in [2.24, 2.45) is 0 Å². The molecule has 2 N–H and O–H groups in total. The molecule has 0 amide bonds. The highest BCUT2D eigenvalue weighted by molar-refractivity contribution is 5.59. The van der Waals surface area contributed by atoms with Gasteiger partial charge in [-0.3, -0.25) is 0 Å². The van der Waals surface area contributed by atoms with Gasteiger partial charge in [0.25, 0.3) is 0 Å². The van der Waals surface area contributed by atoms with Gasteiger partial charge in [-0.15, -0.1) is 0 Å². The molecule has 118 valence electrons. The molecule has 0 aliphatic carbocycles. The van der Waals surface area contributed by atoms with Crippen LogP contribution in [0.25, 0.3) is 11.3 Å². The maximum absolute atomic E-state index is 4.48. The summed E-state index contributed by atoms with van der Waals surface area (Å²) >= 11 is 0. The summed E-state index contributed by atoms with van der Waals surface area (Å²) in [7, 11) is 0. The molecule has 0 bridgehead atoms. The lowest BCUT2D eigenvalue weighted by atomic mass is 10.1. The van der Waals surface area contributed by atoms with E-state index in [0.29, 0.717) is 6.54 Å². The molecular weight excluding hydrogens is 286 g/mol. The summed E-state index contributed by atoms with van der Waals surface area (Å²) in [4.78, 5) is 16.7. The van der Waals surface area contributed by atoms with Gasteiger partial charge < -0.3 is 10.3 Å². The van der Waals surface area contributed by atoms with Gasteiger partial charge in [0, 0.05) is 18.2 Å². The average Bonchev–Trinajstić information content (AvgIpc) is 3.01. The topological polar surface area (TPSA) is 66.5 Å². The largest absolute Gasteiger partial charge is 0.363 e. The van der Waals surface area contributed by atoms with Crippen LogP contribution in [-0.4, -0.2) is 19.9 Å². The first kappa shape index (κ1) is 15.2. The minimum absolute atomic E-state index is 0.603. The highest BCUT2D eigenvalue weighted by atomic mass is 15.1. The van der Waals surface area contributed by atoms with Crippen molar-refractivity contribution < 1.29 is 0 Å². The molecular formula is C18H21N5. The second-order valence-electron chi connectivity index (χ2n) is 5.63. The molecule has 0 radical (unpaired) electrons. The average molecular weight is 307 g/mol. The fraction of sp³-hybridized carbons (Fsp3) is 0.278. The number of nitrogens with zero attached hydrogens (tertiary/aromatic N) is 3. The van der Waals surface area contributed by atoms with E-state index in [4.69, 9.17) is 0 Å². The second-order valence-corrected chi connectivity index (χ2v) is 5.63. The molecule has 0 aliphatic rings. The summed E-state index contributed by atoms with van der Waals surface area (Å²) in [5, 5.41) is 3.31. The number of nitrogens with one attached hydrogen (secondary N) is 2. The molecule has 5 nitrogen and oxygen atoms in total. The third-order valence-corrected chi connectivity index (χ3v) is 3.61. The molecule has 23 heavy (non-hydrogen) atoms. The van der Waals surface area contributed by atoms with Crippen LogP contribution in [0.1, 0.15) is 29.8 Å². The molecule has 2 aromatic heterocycles. The van der Waals surface area contributed by atoms with Crippen molar-refractivity contribution in [3.05, 3.63) is 59.4 Å². The monoisotopic (exact) mass is 307 g/mol. The molecule has 3 rings (SSSR count). The molecule has 1 aromatic carbocycles. The fourth-order valence-corrected chi connectivity index (χ4v) is 2.46. The maximum atomic E-state index is 4.48. The second kappa shape index (κ2) is 6.60. The molecule has 0 unspecified atom stereocenters. The molecule has 0 spiro atoms. The first-order valence-corrected chi connectivity index (χ1v) is 7.83. The van der Waals surface area contributed by atoms with Crippen molar-refractivity contribution in [3.63, 3.8) is 0 Å². The zero-order valence-electron chi connectivity index (χ0n) is 13.7. The van der Waals surface area contributed by atoms with Crippen LogP contribution >= 0.6 is 0 Å².